The number of pyridine rings is 1. The Morgan fingerprint density at radius 1 is 0.915 bits per heavy atom. The maximum Gasteiger partial charge on any atom is 0.270 e. The predicted molar refractivity (Wildman–Crippen MR) is 180 cm³/mol. The Hall–Kier alpha value is -4.33. The number of sulfonamides is 1. The van der Waals surface area contributed by atoms with E-state index in [-0.39, 0.29) is 36.0 Å². The summed E-state index contributed by atoms with van der Waals surface area (Å²) in [6.45, 7) is 8.50. The molecule has 0 aliphatic rings. The van der Waals surface area contributed by atoms with Crippen molar-refractivity contribution < 1.29 is 27.9 Å². The maximum atomic E-state index is 13.8. The monoisotopic (exact) mass is 666 g/mol. The fraction of sp³-hybridized carbons (Fsp3) is 0.412. The molecular weight excluding hydrogens is 620 g/mol. The van der Waals surface area contributed by atoms with Crippen LogP contribution in [-0.2, 0) is 26.0 Å². The summed E-state index contributed by atoms with van der Waals surface area (Å²) < 4.78 is 28.6. The van der Waals surface area contributed by atoms with Crippen LogP contribution in [0.15, 0.2) is 83.9 Å². The van der Waals surface area contributed by atoms with Crippen LogP contribution in [0.1, 0.15) is 50.7 Å². The number of aliphatic hydroxyl groups is 1. The lowest BCUT2D eigenvalue weighted by Crippen LogP contribution is -2.59. The Morgan fingerprint density at radius 2 is 1.55 bits per heavy atom. The van der Waals surface area contributed by atoms with Gasteiger partial charge < -0.3 is 26.8 Å². The summed E-state index contributed by atoms with van der Waals surface area (Å²) in [6.07, 6.45) is 0.330. The van der Waals surface area contributed by atoms with E-state index in [1.807, 2.05) is 44.2 Å². The van der Waals surface area contributed by atoms with Gasteiger partial charge in [0.05, 0.1) is 23.6 Å². The van der Waals surface area contributed by atoms with Gasteiger partial charge in [0.2, 0.25) is 21.8 Å². The van der Waals surface area contributed by atoms with Crippen molar-refractivity contribution in [3.63, 3.8) is 0 Å². The minimum absolute atomic E-state index is 0.0360. The lowest BCUT2D eigenvalue weighted by atomic mass is 9.85. The number of aromatic nitrogens is 1. The molecule has 3 rings (SSSR count). The molecule has 47 heavy (non-hydrogen) atoms. The summed E-state index contributed by atoms with van der Waals surface area (Å²) in [4.78, 5) is 43.1. The molecule has 0 bridgehead atoms. The lowest BCUT2D eigenvalue weighted by molar-refractivity contribution is -0.132. The number of benzene rings is 2. The molecule has 0 saturated carbocycles. The highest BCUT2D eigenvalue weighted by atomic mass is 32.2. The van der Waals surface area contributed by atoms with Crippen LogP contribution < -0.4 is 21.7 Å². The molecule has 0 saturated heterocycles. The second-order valence-corrected chi connectivity index (χ2v) is 14.9. The number of hydrogen-bond donors (Lipinski definition) is 5. The first-order chi connectivity index (χ1) is 22.1. The summed E-state index contributed by atoms with van der Waals surface area (Å²) in [6, 6.07) is 17.9. The second kappa shape index (κ2) is 16.5. The molecule has 13 heteroatoms. The van der Waals surface area contributed by atoms with Gasteiger partial charge in [-0.15, -0.1) is 0 Å². The van der Waals surface area contributed by atoms with Gasteiger partial charge in [-0.3, -0.25) is 19.4 Å². The van der Waals surface area contributed by atoms with Gasteiger partial charge in [-0.05, 0) is 59.7 Å². The van der Waals surface area contributed by atoms with Crippen molar-refractivity contribution in [2.24, 2.45) is 11.3 Å². The van der Waals surface area contributed by atoms with Crippen molar-refractivity contribution in [2.45, 2.75) is 64.1 Å². The largest absolute Gasteiger partial charge is 0.399 e. The van der Waals surface area contributed by atoms with Gasteiger partial charge in [0.1, 0.15) is 11.7 Å². The molecule has 12 nitrogen and oxygen atoms in total. The Bertz CT molecular complexity index is 1580. The third-order valence-corrected chi connectivity index (χ3v) is 9.15. The summed E-state index contributed by atoms with van der Waals surface area (Å²) >= 11 is 0. The number of nitrogens with zero attached hydrogens (tertiary/aromatic N) is 2. The van der Waals surface area contributed by atoms with Crippen molar-refractivity contribution in [1.29, 1.82) is 0 Å². The molecule has 3 aromatic rings. The number of amides is 3. The molecule has 0 spiro atoms. The number of aliphatic hydroxyl groups excluding tert-OH is 1. The van der Waals surface area contributed by atoms with Gasteiger partial charge in [-0.2, -0.15) is 4.31 Å². The highest BCUT2D eigenvalue weighted by Gasteiger charge is 2.36. The van der Waals surface area contributed by atoms with Crippen molar-refractivity contribution in [1.82, 2.24) is 25.2 Å². The first-order valence-electron chi connectivity index (χ1n) is 15.4. The highest BCUT2D eigenvalue weighted by molar-refractivity contribution is 7.89. The average molecular weight is 667 g/mol. The van der Waals surface area contributed by atoms with E-state index in [1.54, 1.807) is 32.9 Å². The molecule has 6 N–H and O–H groups in total. The van der Waals surface area contributed by atoms with Gasteiger partial charge in [0.15, 0.2) is 0 Å². The van der Waals surface area contributed by atoms with E-state index in [0.29, 0.717) is 5.69 Å². The van der Waals surface area contributed by atoms with Crippen molar-refractivity contribution in [3.05, 3.63) is 90.3 Å². The van der Waals surface area contributed by atoms with Gasteiger partial charge in [-0.25, -0.2) is 8.42 Å². The highest BCUT2D eigenvalue weighted by Crippen LogP contribution is 2.22. The topological polar surface area (TPSA) is 184 Å². The molecule has 0 aliphatic carbocycles. The van der Waals surface area contributed by atoms with Crippen LogP contribution in [0.5, 0.6) is 0 Å². The molecular formula is C34H46N6O6S. The standard InChI is InChI=1S/C34H46N6O6S/c1-23(2)21-40(47(45,46)26-16-14-25(35)15-17-26)22-29(41)28(19-24-11-7-6-8-12-24)38-33(44)31(34(3,4)5)39-30(42)20-37-32(43)27-13-9-10-18-36-27/h6-18,23,28-29,31,41H,19-22,35H2,1-5H3,(H,37,43)(H,38,44)(H,39,42)/t28-,29+,31+/m0/s1. The molecule has 3 amide bonds. The van der Waals surface area contributed by atoms with E-state index in [0.717, 1.165) is 5.56 Å². The van der Waals surface area contributed by atoms with Crippen molar-refractivity contribution in [3.8, 4) is 0 Å². The summed E-state index contributed by atoms with van der Waals surface area (Å²) in [5.74, 6) is -1.77. The SMILES string of the molecule is CC(C)CN(C[C@@H](O)[C@H](Cc1ccccc1)NC(=O)[C@@H](NC(=O)CNC(=O)c1ccccn1)C(C)(C)C)S(=O)(=O)c1ccc(N)cc1. The predicted octanol–water partition coefficient (Wildman–Crippen LogP) is 2.36. The molecule has 0 radical (unpaired) electrons. The van der Waals surface area contributed by atoms with Gasteiger partial charge >= 0.3 is 0 Å². The Kier molecular flexibility index (Phi) is 13.0. The Labute approximate surface area is 277 Å². The molecule has 0 aliphatic heterocycles. The number of nitrogen functional groups attached to an aromatic ring is 1. The van der Waals surface area contributed by atoms with Crippen LogP contribution >= 0.6 is 0 Å². The minimum Gasteiger partial charge on any atom is -0.399 e. The molecule has 0 fully saturated rings. The van der Waals surface area contributed by atoms with Gasteiger partial charge in [0, 0.05) is 25.0 Å². The van der Waals surface area contributed by atoms with Gasteiger partial charge in [0.25, 0.3) is 5.91 Å². The summed E-state index contributed by atoms with van der Waals surface area (Å²) in [5.41, 5.74) is 6.37. The zero-order chi connectivity index (χ0) is 34.8. The third kappa shape index (κ3) is 11.2. The van der Waals surface area contributed by atoms with E-state index in [9.17, 15) is 27.9 Å². The summed E-state index contributed by atoms with van der Waals surface area (Å²) in [5, 5.41) is 19.7. The fourth-order valence-corrected chi connectivity index (χ4v) is 6.48. The Morgan fingerprint density at radius 3 is 2.13 bits per heavy atom. The van der Waals surface area contributed by atoms with Crippen LogP contribution in [0.2, 0.25) is 0 Å². The van der Waals surface area contributed by atoms with E-state index < -0.39 is 57.9 Å². The van der Waals surface area contributed by atoms with Crippen LogP contribution in [0.3, 0.4) is 0 Å². The Balaban J connectivity index is 1.82. The van der Waals surface area contributed by atoms with Gasteiger partial charge in [-0.1, -0.05) is 71.0 Å². The number of carbonyl (C=O) groups excluding carboxylic acids is 3. The lowest BCUT2D eigenvalue weighted by Gasteiger charge is -2.34. The van der Waals surface area contributed by atoms with E-state index in [2.05, 4.69) is 20.9 Å². The first-order valence-corrected chi connectivity index (χ1v) is 16.9. The van der Waals surface area contributed by atoms with E-state index in [4.69, 9.17) is 5.73 Å². The average Bonchev–Trinajstić information content (AvgIpc) is 3.02. The minimum atomic E-state index is -4.02. The summed E-state index contributed by atoms with van der Waals surface area (Å²) in [7, 11) is -4.02. The van der Waals surface area contributed by atoms with E-state index in [1.165, 1.54) is 40.8 Å². The quantitative estimate of drug-likeness (QED) is 0.153. The van der Waals surface area contributed by atoms with Crippen LogP contribution in [0.4, 0.5) is 5.69 Å². The normalized spacial score (nSPS) is 13.9. The number of nitrogens with two attached hydrogens (primary N) is 1. The van der Waals surface area contributed by atoms with Crippen molar-refractivity contribution >= 4 is 33.4 Å². The van der Waals surface area contributed by atoms with Crippen LogP contribution in [0.25, 0.3) is 0 Å². The second-order valence-electron chi connectivity index (χ2n) is 12.9. The third-order valence-electron chi connectivity index (χ3n) is 7.31. The zero-order valence-corrected chi connectivity index (χ0v) is 28.3. The fourth-order valence-electron chi connectivity index (χ4n) is 4.86. The number of anilines is 1. The number of hydrogen-bond acceptors (Lipinski definition) is 8. The first kappa shape index (κ1) is 37.1. The molecule has 3 atom stereocenters. The smallest absolute Gasteiger partial charge is 0.270 e. The van der Waals surface area contributed by atoms with E-state index >= 15 is 0 Å². The van der Waals surface area contributed by atoms with Crippen LogP contribution in [-0.4, -0.2) is 78.4 Å². The molecule has 1 aromatic heterocycles. The van der Waals surface area contributed by atoms with Crippen LogP contribution in [0, 0.1) is 11.3 Å². The zero-order valence-electron chi connectivity index (χ0n) is 27.5. The maximum absolute atomic E-state index is 13.8. The molecule has 2 aromatic carbocycles. The molecule has 254 valence electrons. The number of carbonyl (C=O) groups is 3. The number of rotatable bonds is 15. The molecule has 1 heterocycles. The van der Waals surface area contributed by atoms with Crippen molar-refractivity contribution in [2.75, 3.05) is 25.4 Å². The number of nitrogens with one attached hydrogen (secondary N) is 3. The molecule has 0 unspecified atom stereocenters.